The first-order chi connectivity index (χ1) is 17.2. The fourth-order valence-corrected chi connectivity index (χ4v) is 9.29. The van der Waals surface area contributed by atoms with E-state index in [0.717, 1.165) is 24.8 Å². The van der Waals surface area contributed by atoms with Gasteiger partial charge in [-0.2, -0.15) is 0 Å². The third-order valence-corrected chi connectivity index (χ3v) is 11.1. The number of ether oxygens (including phenoxy) is 1. The van der Waals surface area contributed by atoms with Crippen LogP contribution in [0.5, 0.6) is 0 Å². The van der Waals surface area contributed by atoms with Gasteiger partial charge in [-0.05, 0) is 86.0 Å². The molecule has 4 fully saturated rings. The molecule has 6 nitrogen and oxygen atoms in total. The molecule has 0 heterocycles. The molecule has 4 aliphatic rings. The van der Waals surface area contributed by atoms with Crippen LogP contribution in [-0.2, 0) is 23.9 Å². The average Bonchev–Trinajstić information content (AvgIpc) is 3.05. The second-order valence-corrected chi connectivity index (χ2v) is 13.3. The zero-order valence-corrected chi connectivity index (χ0v) is 23.6. The number of carboxylic acids is 1. The molecule has 0 saturated heterocycles. The van der Waals surface area contributed by atoms with Crippen molar-refractivity contribution in [3.05, 3.63) is 22.8 Å². The molecule has 6 heteroatoms. The molecule has 0 aromatic heterocycles. The zero-order chi connectivity index (χ0) is 27.5. The van der Waals surface area contributed by atoms with E-state index in [4.69, 9.17) is 4.74 Å². The molecule has 8 unspecified atom stereocenters. The molecular formula is C31H44O6. The summed E-state index contributed by atoms with van der Waals surface area (Å²) in [5.74, 6) is -1.23. The Hall–Kier alpha value is -2.24. The Balaban J connectivity index is 1.83. The molecule has 0 bridgehead atoms. The third kappa shape index (κ3) is 4.23. The van der Waals surface area contributed by atoms with E-state index in [1.54, 1.807) is 0 Å². The third-order valence-electron chi connectivity index (χ3n) is 11.1. The van der Waals surface area contributed by atoms with Crippen molar-refractivity contribution < 1.29 is 29.0 Å². The Kier molecular flexibility index (Phi) is 7.13. The lowest BCUT2D eigenvalue weighted by Gasteiger charge is -2.66. The summed E-state index contributed by atoms with van der Waals surface area (Å²) in [5, 5.41) is 10.3. The van der Waals surface area contributed by atoms with Crippen LogP contribution in [0, 0.1) is 39.9 Å². The summed E-state index contributed by atoms with van der Waals surface area (Å²) in [7, 11) is 0. The molecule has 8 atom stereocenters. The second-order valence-electron chi connectivity index (χ2n) is 13.3. The zero-order valence-electron chi connectivity index (χ0n) is 23.6. The summed E-state index contributed by atoms with van der Waals surface area (Å²) >= 11 is 0. The van der Waals surface area contributed by atoms with E-state index < -0.39 is 23.5 Å². The van der Waals surface area contributed by atoms with Gasteiger partial charge >= 0.3 is 11.9 Å². The topological polar surface area (TPSA) is 97.7 Å². The maximum Gasteiger partial charge on any atom is 0.331 e. The Labute approximate surface area is 221 Å². The number of carbonyl (C=O) groups is 4. The normalized spacial score (nSPS) is 42.3. The molecule has 0 aromatic carbocycles. The molecule has 204 valence electrons. The Morgan fingerprint density at radius 2 is 1.73 bits per heavy atom. The van der Waals surface area contributed by atoms with Crippen molar-refractivity contribution >= 4 is 23.5 Å². The van der Waals surface area contributed by atoms with Crippen LogP contribution in [0.4, 0.5) is 0 Å². The highest BCUT2D eigenvalue weighted by atomic mass is 16.5. The lowest BCUT2D eigenvalue weighted by Crippen LogP contribution is -2.64. The van der Waals surface area contributed by atoms with E-state index in [1.807, 2.05) is 26.8 Å². The highest BCUT2D eigenvalue weighted by Crippen LogP contribution is 2.73. The Bertz CT molecular complexity index is 1080. The highest BCUT2D eigenvalue weighted by Gasteiger charge is 2.71. The van der Waals surface area contributed by atoms with Crippen molar-refractivity contribution in [3.63, 3.8) is 0 Å². The predicted octanol–water partition coefficient (Wildman–Crippen LogP) is 6.08. The van der Waals surface area contributed by atoms with Gasteiger partial charge in [0.2, 0.25) is 0 Å². The molecule has 4 saturated carbocycles. The van der Waals surface area contributed by atoms with Crippen LogP contribution in [0.25, 0.3) is 0 Å². The van der Waals surface area contributed by atoms with Crippen LogP contribution in [0.2, 0.25) is 0 Å². The van der Waals surface area contributed by atoms with Crippen molar-refractivity contribution in [3.8, 4) is 0 Å². The van der Waals surface area contributed by atoms with Crippen LogP contribution in [0.15, 0.2) is 22.8 Å². The number of carboxylic acid groups (broad SMARTS) is 1. The van der Waals surface area contributed by atoms with Crippen molar-refractivity contribution in [2.75, 3.05) is 0 Å². The number of Topliss-reactive ketones (excluding diaryl/α,β-unsaturated/α-hetero) is 2. The SMILES string of the molecule is CC(=O)OC1CC2(C)C(CC(=O)C3C4(C)CCC(=O)C(C)C4CCC32C)C1=C(CCC=C(C)C)C(=O)O. The van der Waals surface area contributed by atoms with Crippen molar-refractivity contribution in [2.45, 2.75) is 106 Å². The fourth-order valence-electron chi connectivity index (χ4n) is 9.29. The van der Waals surface area contributed by atoms with Crippen molar-refractivity contribution in [1.82, 2.24) is 0 Å². The van der Waals surface area contributed by atoms with Gasteiger partial charge in [0.05, 0.1) is 0 Å². The molecule has 0 spiro atoms. The van der Waals surface area contributed by atoms with E-state index in [9.17, 15) is 24.3 Å². The summed E-state index contributed by atoms with van der Waals surface area (Å²) in [4.78, 5) is 51.5. The molecule has 4 aliphatic carbocycles. The molecule has 0 radical (unpaired) electrons. The average molecular weight is 513 g/mol. The summed E-state index contributed by atoms with van der Waals surface area (Å²) in [6.07, 6.45) is 6.06. The second kappa shape index (κ2) is 9.50. The molecule has 0 amide bonds. The van der Waals surface area contributed by atoms with E-state index in [1.165, 1.54) is 6.92 Å². The molecule has 4 rings (SSSR count). The summed E-state index contributed by atoms with van der Waals surface area (Å²) in [5.41, 5.74) is 1.05. The van der Waals surface area contributed by atoms with E-state index in [-0.39, 0.29) is 46.7 Å². The molecule has 1 N–H and O–H groups in total. The minimum atomic E-state index is -0.992. The van der Waals surface area contributed by atoms with Gasteiger partial charge in [0, 0.05) is 37.2 Å². The monoisotopic (exact) mass is 512 g/mol. The molecular weight excluding hydrogens is 468 g/mol. The van der Waals surface area contributed by atoms with Crippen molar-refractivity contribution in [1.29, 1.82) is 0 Å². The summed E-state index contributed by atoms with van der Waals surface area (Å²) in [6, 6.07) is 0. The lowest BCUT2D eigenvalue weighted by atomic mass is 9.37. The summed E-state index contributed by atoms with van der Waals surface area (Å²) in [6.45, 7) is 14.0. The minimum Gasteiger partial charge on any atom is -0.478 e. The largest absolute Gasteiger partial charge is 0.478 e. The minimum absolute atomic E-state index is 0.0388. The van der Waals surface area contributed by atoms with E-state index in [2.05, 4.69) is 20.8 Å². The predicted molar refractivity (Wildman–Crippen MR) is 141 cm³/mol. The number of allylic oxidation sites excluding steroid dienone is 2. The number of hydrogen-bond acceptors (Lipinski definition) is 5. The number of hydrogen-bond donors (Lipinski definition) is 1. The van der Waals surface area contributed by atoms with Gasteiger partial charge in [0.1, 0.15) is 17.7 Å². The van der Waals surface area contributed by atoms with Gasteiger partial charge in [0.15, 0.2) is 0 Å². The Morgan fingerprint density at radius 3 is 2.32 bits per heavy atom. The van der Waals surface area contributed by atoms with E-state index in [0.29, 0.717) is 42.6 Å². The first kappa shape index (κ1) is 27.8. The fraction of sp³-hybridized carbons (Fsp3) is 0.742. The molecule has 0 aliphatic heterocycles. The van der Waals surface area contributed by atoms with Gasteiger partial charge in [0.25, 0.3) is 0 Å². The number of ketones is 2. The number of carbonyl (C=O) groups excluding carboxylic acids is 3. The number of fused-ring (bicyclic) bond motifs is 5. The molecule has 0 aromatic rings. The lowest BCUT2D eigenvalue weighted by molar-refractivity contribution is -0.191. The highest BCUT2D eigenvalue weighted by molar-refractivity contribution is 5.90. The number of rotatable bonds is 5. The van der Waals surface area contributed by atoms with Gasteiger partial charge in [-0.3, -0.25) is 14.4 Å². The van der Waals surface area contributed by atoms with Crippen LogP contribution in [0.1, 0.15) is 99.8 Å². The van der Waals surface area contributed by atoms with Gasteiger partial charge in [-0.25, -0.2) is 4.79 Å². The molecule has 37 heavy (non-hydrogen) atoms. The Morgan fingerprint density at radius 1 is 1.05 bits per heavy atom. The van der Waals surface area contributed by atoms with Crippen LogP contribution < -0.4 is 0 Å². The van der Waals surface area contributed by atoms with Gasteiger partial charge < -0.3 is 9.84 Å². The van der Waals surface area contributed by atoms with E-state index >= 15 is 0 Å². The van der Waals surface area contributed by atoms with Gasteiger partial charge in [-0.1, -0.05) is 39.3 Å². The maximum atomic E-state index is 14.2. The smallest absolute Gasteiger partial charge is 0.331 e. The van der Waals surface area contributed by atoms with Crippen LogP contribution >= 0.6 is 0 Å². The first-order valence-corrected chi connectivity index (χ1v) is 14.0. The maximum absolute atomic E-state index is 14.2. The van der Waals surface area contributed by atoms with Crippen molar-refractivity contribution in [2.24, 2.45) is 39.9 Å². The number of aliphatic carboxylic acids is 1. The van der Waals surface area contributed by atoms with Crippen LogP contribution in [0.3, 0.4) is 0 Å². The number of esters is 1. The summed E-state index contributed by atoms with van der Waals surface area (Å²) < 4.78 is 5.83. The standard InChI is InChI=1S/C31H44O6/c1-17(2)9-8-10-20(28(35)36)26-22-15-24(34)27-29(5)13-12-23(33)18(3)21(29)11-14-30(27,6)31(22,7)16-25(26)37-19(4)32/h9,18,21-22,25,27H,8,10-16H2,1-7H3,(H,35,36). The van der Waals surface area contributed by atoms with Crippen LogP contribution in [-0.4, -0.2) is 34.7 Å². The first-order valence-electron chi connectivity index (χ1n) is 14.0. The quantitative estimate of drug-likeness (QED) is 0.272. The van der Waals surface area contributed by atoms with Gasteiger partial charge in [-0.15, -0.1) is 0 Å².